The first kappa shape index (κ1) is 28.7. The number of hydrogen-bond donors (Lipinski definition) is 2. The Morgan fingerprint density at radius 3 is 2.48 bits per heavy atom. The predicted octanol–water partition coefficient (Wildman–Crippen LogP) is 5.51. The summed E-state index contributed by atoms with van der Waals surface area (Å²) in [5.41, 5.74) is 3.63. The molecule has 2 aliphatic carbocycles. The summed E-state index contributed by atoms with van der Waals surface area (Å²) in [6.45, 7) is 3.34. The van der Waals surface area contributed by atoms with Gasteiger partial charge >= 0.3 is 0 Å². The summed E-state index contributed by atoms with van der Waals surface area (Å²) in [6.07, 6.45) is 8.78. The first-order chi connectivity index (χ1) is 19.3. The molecular weight excluding hydrogens is 512 g/mol. The van der Waals surface area contributed by atoms with Gasteiger partial charge in [0.2, 0.25) is 5.91 Å². The van der Waals surface area contributed by atoms with E-state index in [9.17, 15) is 18.4 Å². The van der Waals surface area contributed by atoms with E-state index < -0.39 is 12.0 Å². The topological polar surface area (TPSA) is 79.3 Å². The van der Waals surface area contributed by atoms with E-state index in [0.717, 1.165) is 62.6 Å². The molecule has 2 N–H and O–H groups in total. The predicted molar refractivity (Wildman–Crippen MR) is 151 cm³/mol. The van der Waals surface area contributed by atoms with Gasteiger partial charge in [0.1, 0.15) is 0 Å². The van der Waals surface area contributed by atoms with E-state index in [4.69, 9.17) is 5.10 Å². The quantitative estimate of drug-likeness (QED) is 0.384. The number of carbonyl (C=O) groups excluding carboxylic acids is 2. The second-order valence-electron chi connectivity index (χ2n) is 11.9. The fourth-order valence-electron chi connectivity index (χ4n) is 6.20. The molecule has 7 nitrogen and oxygen atoms in total. The molecule has 1 aliphatic heterocycles. The van der Waals surface area contributed by atoms with E-state index in [1.54, 1.807) is 0 Å². The zero-order valence-electron chi connectivity index (χ0n) is 23.6. The van der Waals surface area contributed by atoms with Crippen LogP contribution in [0, 0.1) is 0 Å². The molecule has 3 aliphatic rings. The largest absolute Gasteiger partial charge is 0.353 e. The molecular formula is C31H43F2N5O2. The molecule has 0 spiro atoms. The molecule has 40 heavy (non-hydrogen) atoms. The highest BCUT2D eigenvalue weighted by atomic mass is 19.3. The van der Waals surface area contributed by atoms with Crippen molar-refractivity contribution in [1.29, 1.82) is 0 Å². The van der Waals surface area contributed by atoms with Gasteiger partial charge in [0.15, 0.2) is 5.69 Å². The minimum absolute atomic E-state index is 0.0748. The number of piperidine rings is 1. The number of hydrogen-bond acceptors (Lipinski definition) is 4. The minimum Gasteiger partial charge on any atom is -0.353 e. The third-order valence-corrected chi connectivity index (χ3v) is 8.93. The standard InChI is InChI=1S/C31H43F2N5O2/c1-2-22-8-3-6-13-26(22)28-21-27(36-38(28)25-11-4-5-12-25)30(40)35-24(20-29(39)34-23-9-7-10-23)14-17-37-18-15-31(32,33)16-19-37/h3,6,8,13,21,23-25H,2,4-5,7,9-12,14-20H2,1H3,(H,34,39)(H,35,40). The molecule has 1 aromatic carbocycles. The monoisotopic (exact) mass is 555 g/mol. The van der Waals surface area contributed by atoms with E-state index >= 15 is 0 Å². The van der Waals surface area contributed by atoms with Crippen molar-refractivity contribution in [2.75, 3.05) is 19.6 Å². The average molecular weight is 556 g/mol. The Morgan fingerprint density at radius 1 is 1.07 bits per heavy atom. The maximum atomic E-state index is 13.6. The molecule has 218 valence electrons. The number of nitrogens with zero attached hydrogens (tertiary/aromatic N) is 3. The summed E-state index contributed by atoms with van der Waals surface area (Å²) in [4.78, 5) is 28.4. The molecule has 1 aromatic heterocycles. The van der Waals surface area contributed by atoms with Crippen LogP contribution < -0.4 is 10.6 Å². The van der Waals surface area contributed by atoms with Crippen LogP contribution in [0.25, 0.3) is 11.3 Å². The highest BCUT2D eigenvalue weighted by molar-refractivity contribution is 5.94. The maximum Gasteiger partial charge on any atom is 0.272 e. The van der Waals surface area contributed by atoms with Crippen LogP contribution in [0.2, 0.25) is 0 Å². The highest BCUT2D eigenvalue weighted by Gasteiger charge is 2.34. The van der Waals surface area contributed by atoms with Gasteiger partial charge < -0.3 is 15.5 Å². The van der Waals surface area contributed by atoms with E-state index in [2.05, 4.69) is 29.7 Å². The van der Waals surface area contributed by atoms with Crippen molar-refractivity contribution in [3.05, 3.63) is 41.6 Å². The lowest BCUT2D eigenvalue weighted by atomic mass is 9.93. The number of likely N-dealkylation sites (tertiary alicyclic amines) is 1. The van der Waals surface area contributed by atoms with Gasteiger partial charge in [0, 0.05) is 56.5 Å². The molecule has 1 unspecified atom stereocenters. The van der Waals surface area contributed by atoms with Crippen LogP contribution in [-0.2, 0) is 11.2 Å². The number of halogens is 2. The molecule has 0 bridgehead atoms. The summed E-state index contributed by atoms with van der Waals surface area (Å²) in [5.74, 6) is -2.97. The normalized spacial score (nSPS) is 20.7. The summed E-state index contributed by atoms with van der Waals surface area (Å²) in [6, 6.07) is 10.2. The molecule has 5 rings (SSSR count). The van der Waals surface area contributed by atoms with Crippen LogP contribution in [0.5, 0.6) is 0 Å². The molecule has 3 fully saturated rings. The number of nitrogens with one attached hydrogen (secondary N) is 2. The van der Waals surface area contributed by atoms with Gasteiger partial charge in [-0.15, -0.1) is 0 Å². The lowest BCUT2D eigenvalue weighted by molar-refractivity contribution is -0.122. The number of aryl methyl sites for hydroxylation is 1. The van der Waals surface area contributed by atoms with Gasteiger partial charge in [0.05, 0.1) is 11.7 Å². The van der Waals surface area contributed by atoms with Crippen molar-refractivity contribution in [2.24, 2.45) is 0 Å². The Balaban J connectivity index is 1.32. The third-order valence-electron chi connectivity index (χ3n) is 8.93. The second kappa shape index (κ2) is 12.8. The van der Waals surface area contributed by atoms with Crippen LogP contribution in [0.3, 0.4) is 0 Å². The van der Waals surface area contributed by atoms with E-state index in [0.29, 0.717) is 31.7 Å². The highest BCUT2D eigenvalue weighted by Crippen LogP contribution is 2.35. The Bertz CT molecular complexity index is 1160. The first-order valence-electron chi connectivity index (χ1n) is 15.2. The van der Waals surface area contributed by atoms with Crippen molar-refractivity contribution < 1.29 is 18.4 Å². The number of carbonyl (C=O) groups is 2. The van der Waals surface area contributed by atoms with Crippen molar-refractivity contribution in [3.63, 3.8) is 0 Å². The molecule has 2 amide bonds. The van der Waals surface area contributed by atoms with Crippen LogP contribution in [0.15, 0.2) is 30.3 Å². The van der Waals surface area contributed by atoms with Crippen molar-refractivity contribution in [2.45, 2.75) is 108 Å². The average Bonchev–Trinajstić information content (AvgIpc) is 3.60. The molecule has 2 saturated carbocycles. The van der Waals surface area contributed by atoms with E-state index in [1.165, 1.54) is 5.56 Å². The fraction of sp³-hybridized carbons (Fsp3) is 0.645. The van der Waals surface area contributed by atoms with Gasteiger partial charge in [-0.1, -0.05) is 44.0 Å². The van der Waals surface area contributed by atoms with Gasteiger partial charge in [-0.3, -0.25) is 14.3 Å². The van der Waals surface area contributed by atoms with Crippen LogP contribution >= 0.6 is 0 Å². The Morgan fingerprint density at radius 2 is 1.80 bits per heavy atom. The van der Waals surface area contributed by atoms with Gasteiger partial charge in [-0.25, -0.2) is 8.78 Å². The SMILES string of the molecule is CCc1ccccc1-c1cc(C(=O)NC(CCN2CCC(F)(F)CC2)CC(=O)NC2CCC2)nn1C1CCCC1. The summed E-state index contributed by atoms with van der Waals surface area (Å²) in [7, 11) is 0. The molecule has 9 heteroatoms. The molecule has 0 radical (unpaired) electrons. The van der Waals surface area contributed by atoms with Crippen LogP contribution in [-0.4, -0.2) is 64.1 Å². The Hall–Kier alpha value is -2.81. The lowest BCUT2D eigenvalue weighted by Gasteiger charge is -2.33. The zero-order chi connectivity index (χ0) is 28.1. The first-order valence-corrected chi connectivity index (χ1v) is 15.2. The molecule has 2 heterocycles. The lowest BCUT2D eigenvalue weighted by Crippen LogP contribution is -2.46. The Labute approximate surface area is 236 Å². The third kappa shape index (κ3) is 7.09. The maximum absolute atomic E-state index is 13.6. The summed E-state index contributed by atoms with van der Waals surface area (Å²) >= 11 is 0. The van der Waals surface area contributed by atoms with Gasteiger partial charge in [-0.2, -0.15) is 5.10 Å². The molecule has 2 aromatic rings. The summed E-state index contributed by atoms with van der Waals surface area (Å²) < 4.78 is 29.3. The van der Waals surface area contributed by atoms with Crippen molar-refractivity contribution in [1.82, 2.24) is 25.3 Å². The van der Waals surface area contributed by atoms with E-state index in [-0.39, 0.29) is 43.2 Å². The van der Waals surface area contributed by atoms with Gasteiger partial charge in [-0.05, 0) is 56.6 Å². The van der Waals surface area contributed by atoms with Crippen LogP contribution in [0.4, 0.5) is 8.78 Å². The van der Waals surface area contributed by atoms with Crippen molar-refractivity contribution >= 4 is 11.8 Å². The minimum atomic E-state index is -2.60. The number of amides is 2. The summed E-state index contributed by atoms with van der Waals surface area (Å²) in [5, 5.41) is 11.0. The molecule has 1 atom stereocenters. The van der Waals surface area contributed by atoms with Gasteiger partial charge in [0.25, 0.3) is 11.8 Å². The Kier molecular flexibility index (Phi) is 9.18. The number of rotatable bonds is 11. The zero-order valence-corrected chi connectivity index (χ0v) is 23.6. The smallest absolute Gasteiger partial charge is 0.272 e. The molecule has 1 saturated heterocycles. The number of benzene rings is 1. The second-order valence-corrected chi connectivity index (χ2v) is 11.9. The van der Waals surface area contributed by atoms with E-state index in [1.807, 2.05) is 27.8 Å². The van der Waals surface area contributed by atoms with Crippen molar-refractivity contribution in [3.8, 4) is 11.3 Å². The fourth-order valence-corrected chi connectivity index (χ4v) is 6.20. The number of alkyl halides is 2. The van der Waals surface area contributed by atoms with Crippen LogP contribution in [0.1, 0.15) is 99.6 Å². The number of aromatic nitrogens is 2.